The maximum atomic E-state index is 4.84. The lowest BCUT2D eigenvalue weighted by Gasteiger charge is -2.46. The first-order chi connectivity index (χ1) is 8.88. The van der Waals surface area contributed by atoms with E-state index in [4.69, 9.17) is 4.98 Å². The number of fused-ring (bicyclic) bond motifs is 3. The summed E-state index contributed by atoms with van der Waals surface area (Å²) < 4.78 is 0. The van der Waals surface area contributed by atoms with E-state index in [0.717, 1.165) is 12.6 Å². The summed E-state index contributed by atoms with van der Waals surface area (Å²) in [7, 11) is 0. The predicted octanol–water partition coefficient (Wildman–Crippen LogP) is 1.07. The van der Waals surface area contributed by atoms with Crippen molar-refractivity contribution in [3.63, 3.8) is 0 Å². The fourth-order valence-electron chi connectivity index (χ4n) is 2.95. The highest BCUT2D eigenvalue weighted by atomic mass is 32.1. The zero-order valence-corrected chi connectivity index (χ0v) is 11.5. The van der Waals surface area contributed by atoms with Crippen molar-refractivity contribution in [2.75, 3.05) is 32.7 Å². The fourth-order valence-corrected chi connectivity index (χ4v) is 3.89. The molecule has 5 heteroatoms. The summed E-state index contributed by atoms with van der Waals surface area (Å²) in [6.45, 7) is 7.08. The maximum Gasteiger partial charge on any atom is 0.111 e. The number of thiazole rings is 1. The summed E-state index contributed by atoms with van der Waals surface area (Å²) >= 11 is 1.85. The average Bonchev–Trinajstić information content (AvgIpc) is 3.15. The van der Waals surface area contributed by atoms with Crippen LogP contribution in [-0.2, 0) is 6.54 Å². The molecule has 1 N–H and O–H groups in total. The predicted molar refractivity (Wildman–Crippen MR) is 72.7 cm³/mol. The first kappa shape index (κ1) is 11.3. The topological polar surface area (TPSA) is 31.4 Å². The van der Waals surface area contributed by atoms with E-state index in [2.05, 4.69) is 20.5 Å². The van der Waals surface area contributed by atoms with Crippen molar-refractivity contribution in [1.82, 2.24) is 20.1 Å². The monoisotopic (exact) mass is 264 g/mol. The molecule has 1 atom stereocenters. The molecule has 5 rings (SSSR count). The van der Waals surface area contributed by atoms with Crippen molar-refractivity contribution in [2.45, 2.75) is 31.5 Å². The Bertz CT molecular complexity index is 420. The summed E-state index contributed by atoms with van der Waals surface area (Å²) in [5, 5.41) is 7.11. The molecule has 98 valence electrons. The lowest BCUT2D eigenvalue weighted by atomic mass is 10.1. The van der Waals surface area contributed by atoms with E-state index in [1.54, 1.807) is 0 Å². The standard InChI is InChI=1S/C13H20N4S/c1-2-10(1)14-7-11-9-18-13(15-11)12-8-16-3-5-17(12)6-4-16/h9-10,12,14H,1-8H2. The van der Waals surface area contributed by atoms with Crippen molar-refractivity contribution in [3.8, 4) is 0 Å². The van der Waals surface area contributed by atoms with Crippen LogP contribution in [0.5, 0.6) is 0 Å². The highest BCUT2D eigenvalue weighted by Gasteiger charge is 2.34. The molecular weight excluding hydrogens is 244 g/mol. The third kappa shape index (κ3) is 2.20. The van der Waals surface area contributed by atoms with Gasteiger partial charge in [0.05, 0.1) is 11.7 Å². The highest BCUT2D eigenvalue weighted by Crippen LogP contribution is 2.30. The van der Waals surface area contributed by atoms with Crippen molar-refractivity contribution in [2.24, 2.45) is 0 Å². The summed E-state index contributed by atoms with van der Waals surface area (Å²) in [6, 6.07) is 1.34. The first-order valence-electron chi connectivity index (χ1n) is 7.02. The summed E-state index contributed by atoms with van der Waals surface area (Å²) in [5.74, 6) is 0. The fraction of sp³-hybridized carbons (Fsp3) is 0.769. The molecule has 3 saturated heterocycles. The van der Waals surface area contributed by atoms with Gasteiger partial charge in [-0.3, -0.25) is 9.80 Å². The van der Waals surface area contributed by atoms with Crippen LogP contribution in [0.1, 0.15) is 29.6 Å². The van der Waals surface area contributed by atoms with E-state index < -0.39 is 0 Å². The van der Waals surface area contributed by atoms with Crippen molar-refractivity contribution in [1.29, 1.82) is 0 Å². The van der Waals surface area contributed by atoms with Crippen LogP contribution < -0.4 is 5.32 Å². The number of nitrogens with one attached hydrogen (secondary N) is 1. The third-order valence-electron chi connectivity index (χ3n) is 4.28. The summed E-state index contributed by atoms with van der Waals surface area (Å²) in [5.41, 5.74) is 1.24. The van der Waals surface area contributed by atoms with Crippen LogP contribution in [0.2, 0.25) is 0 Å². The molecule has 0 aromatic carbocycles. The average molecular weight is 264 g/mol. The summed E-state index contributed by atoms with van der Waals surface area (Å²) in [6.07, 6.45) is 2.70. The van der Waals surface area contributed by atoms with E-state index in [9.17, 15) is 0 Å². The first-order valence-corrected chi connectivity index (χ1v) is 7.90. The van der Waals surface area contributed by atoms with Gasteiger partial charge in [0.2, 0.25) is 0 Å². The Kier molecular flexibility index (Phi) is 2.87. The van der Waals surface area contributed by atoms with Gasteiger partial charge in [-0.2, -0.15) is 0 Å². The Balaban J connectivity index is 1.44. The number of rotatable bonds is 4. The molecule has 3 aliphatic heterocycles. The lowest BCUT2D eigenvalue weighted by molar-refractivity contribution is 0.0122. The smallest absolute Gasteiger partial charge is 0.111 e. The Morgan fingerprint density at radius 1 is 1.28 bits per heavy atom. The van der Waals surface area contributed by atoms with Crippen LogP contribution >= 0.6 is 11.3 Å². The maximum absolute atomic E-state index is 4.84. The second kappa shape index (κ2) is 4.56. The van der Waals surface area contributed by atoms with Crippen LogP contribution in [0.3, 0.4) is 0 Å². The van der Waals surface area contributed by atoms with Gasteiger partial charge in [0, 0.05) is 50.7 Å². The molecule has 1 aliphatic carbocycles. The molecule has 4 aliphatic rings. The zero-order valence-electron chi connectivity index (χ0n) is 10.6. The van der Waals surface area contributed by atoms with Crippen molar-refractivity contribution in [3.05, 3.63) is 16.1 Å². The van der Waals surface area contributed by atoms with E-state index in [0.29, 0.717) is 6.04 Å². The van der Waals surface area contributed by atoms with Gasteiger partial charge in [0.1, 0.15) is 5.01 Å². The third-order valence-corrected chi connectivity index (χ3v) is 5.28. The second-order valence-corrected chi connectivity index (χ2v) is 6.57. The Hall–Kier alpha value is -0.490. The molecule has 0 radical (unpaired) electrons. The Morgan fingerprint density at radius 3 is 2.78 bits per heavy atom. The Labute approximate surface area is 112 Å². The van der Waals surface area contributed by atoms with Crippen LogP contribution in [0, 0.1) is 0 Å². The molecule has 18 heavy (non-hydrogen) atoms. The van der Waals surface area contributed by atoms with Gasteiger partial charge in [-0.1, -0.05) is 0 Å². The number of aromatic nitrogens is 1. The van der Waals surface area contributed by atoms with Crippen molar-refractivity contribution < 1.29 is 0 Å². The van der Waals surface area contributed by atoms with Gasteiger partial charge < -0.3 is 5.32 Å². The van der Waals surface area contributed by atoms with E-state index in [1.165, 1.54) is 56.3 Å². The van der Waals surface area contributed by atoms with Gasteiger partial charge in [0.15, 0.2) is 0 Å². The van der Waals surface area contributed by atoms with E-state index >= 15 is 0 Å². The quantitative estimate of drug-likeness (QED) is 0.881. The molecule has 1 aromatic rings. The minimum atomic E-state index is 0.562. The number of piperazine rings is 3. The van der Waals surface area contributed by atoms with Crippen LogP contribution in [0.25, 0.3) is 0 Å². The minimum absolute atomic E-state index is 0.562. The van der Waals surface area contributed by atoms with E-state index in [-0.39, 0.29) is 0 Å². The van der Waals surface area contributed by atoms with Crippen LogP contribution in [0.4, 0.5) is 0 Å². The number of nitrogens with zero attached hydrogens (tertiary/aromatic N) is 3. The van der Waals surface area contributed by atoms with Crippen LogP contribution in [-0.4, -0.2) is 53.5 Å². The van der Waals surface area contributed by atoms with Crippen molar-refractivity contribution >= 4 is 11.3 Å². The molecular formula is C13H20N4S. The SMILES string of the molecule is c1sc(C2CN3CCN2CC3)nc1CNC1CC1. The zero-order chi connectivity index (χ0) is 11.9. The van der Waals surface area contributed by atoms with Crippen LogP contribution in [0.15, 0.2) is 5.38 Å². The van der Waals surface area contributed by atoms with Gasteiger partial charge in [-0.15, -0.1) is 11.3 Å². The van der Waals surface area contributed by atoms with Gasteiger partial charge in [0.25, 0.3) is 0 Å². The Morgan fingerprint density at radius 2 is 2.11 bits per heavy atom. The molecule has 1 unspecified atom stereocenters. The molecule has 0 spiro atoms. The molecule has 4 heterocycles. The molecule has 1 aromatic heterocycles. The molecule has 4 nitrogen and oxygen atoms in total. The second-order valence-electron chi connectivity index (χ2n) is 5.68. The van der Waals surface area contributed by atoms with Gasteiger partial charge in [-0.25, -0.2) is 4.98 Å². The van der Waals surface area contributed by atoms with Gasteiger partial charge >= 0.3 is 0 Å². The molecule has 4 fully saturated rings. The largest absolute Gasteiger partial charge is 0.308 e. The normalized spacial score (nSPS) is 35.0. The number of hydrogen-bond donors (Lipinski definition) is 1. The molecule has 0 amide bonds. The van der Waals surface area contributed by atoms with E-state index in [1.807, 2.05) is 11.3 Å². The number of hydrogen-bond acceptors (Lipinski definition) is 5. The minimum Gasteiger partial charge on any atom is -0.308 e. The molecule has 2 bridgehead atoms. The molecule has 1 saturated carbocycles. The lowest BCUT2D eigenvalue weighted by Crippen LogP contribution is -2.56. The summed E-state index contributed by atoms with van der Waals surface area (Å²) in [4.78, 5) is 10.0. The highest BCUT2D eigenvalue weighted by molar-refractivity contribution is 7.09. The van der Waals surface area contributed by atoms with Gasteiger partial charge in [-0.05, 0) is 12.8 Å².